The summed E-state index contributed by atoms with van der Waals surface area (Å²) in [6.45, 7) is 4.80. The van der Waals surface area contributed by atoms with Gasteiger partial charge in [0.25, 0.3) is 5.56 Å². The van der Waals surface area contributed by atoms with Crippen LogP contribution < -0.4 is 11.3 Å². The molecule has 0 fully saturated rings. The van der Waals surface area contributed by atoms with Crippen molar-refractivity contribution >= 4 is 0 Å². The molecule has 1 aromatic heterocycles. The standard InChI is InChI=1S/C11H17N3O/c1-7(2)9-6-11(15)14-4-3-8(12)5-10(14)13-9/h6-8H,3-5,12H2,1-2H3. The molecule has 0 amide bonds. The van der Waals surface area contributed by atoms with Crippen LogP contribution in [0.1, 0.15) is 37.7 Å². The predicted octanol–water partition coefficient (Wildman–Crippen LogP) is 0.640. The van der Waals surface area contributed by atoms with Gasteiger partial charge in [-0.2, -0.15) is 0 Å². The van der Waals surface area contributed by atoms with Crippen LogP contribution in [0.15, 0.2) is 10.9 Å². The van der Waals surface area contributed by atoms with E-state index in [1.165, 1.54) is 0 Å². The van der Waals surface area contributed by atoms with E-state index in [2.05, 4.69) is 4.98 Å². The topological polar surface area (TPSA) is 60.9 Å². The van der Waals surface area contributed by atoms with Crippen LogP contribution in [0.2, 0.25) is 0 Å². The van der Waals surface area contributed by atoms with Crippen LogP contribution >= 0.6 is 0 Å². The second-order valence-electron chi connectivity index (χ2n) is 4.49. The van der Waals surface area contributed by atoms with Gasteiger partial charge in [0, 0.05) is 25.1 Å². The summed E-state index contributed by atoms with van der Waals surface area (Å²) in [7, 11) is 0. The van der Waals surface area contributed by atoms with Gasteiger partial charge in [0.15, 0.2) is 0 Å². The Hall–Kier alpha value is -1.16. The van der Waals surface area contributed by atoms with Crippen molar-refractivity contribution in [2.45, 2.75) is 45.2 Å². The van der Waals surface area contributed by atoms with Crippen molar-refractivity contribution in [2.75, 3.05) is 0 Å². The van der Waals surface area contributed by atoms with Crippen molar-refractivity contribution in [1.82, 2.24) is 9.55 Å². The van der Waals surface area contributed by atoms with Gasteiger partial charge in [-0.05, 0) is 12.3 Å². The first-order valence-electron chi connectivity index (χ1n) is 5.44. The van der Waals surface area contributed by atoms with Gasteiger partial charge in [-0.15, -0.1) is 0 Å². The number of nitrogens with zero attached hydrogens (tertiary/aromatic N) is 2. The number of hydrogen-bond donors (Lipinski definition) is 1. The van der Waals surface area contributed by atoms with E-state index in [1.807, 2.05) is 13.8 Å². The minimum Gasteiger partial charge on any atom is -0.327 e. The Balaban J connectivity index is 2.49. The molecule has 1 aromatic rings. The molecule has 0 aliphatic carbocycles. The van der Waals surface area contributed by atoms with E-state index < -0.39 is 0 Å². The van der Waals surface area contributed by atoms with Gasteiger partial charge in [-0.25, -0.2) is 4.98 Å². The number of nitrogens with two attached hydrogens (primary N) is 1. The van der Waals surface area contributed by atoms with Gasteiger partial charge < -0.3 is 5.73 Å². The third-order valence-electron chi connectivity index (χ3n) is 2.87. The highest BCUT2D eigenvalue weighted by Gasteiger charge is 2.18. The molecule has 0 aromatic carbocycles. The van der Waals surface area contributed by atoms with E-state index in [0.29, 0.717) is 12.5 Å². The molecule has 2 heterocycles. The Bertz CT molecular complexity index is 422. The third kappa shape index (κ3) is 1.95. The summed E-state index contributed by atoms with van der Waals surface area (Å²) in [6.07, 6.45) is 1.59. The van der Waals surface area contributed by atoms with E-state index in [9.17, 15) is 4.79 Å². The van der Waals surface area contributed by atoms with Crippen LogP contribution in [0, 0.1) is 0 Å². The molecule has 4 heteroatoms. The Morgan fingerprint density at radius 1 is 1.60 bits per heavy atom. The fourth-order valence-corrected chi connectivity index (χ4v) is 1.90. The van der Waals surface area contributed by atoms with E-state index in [-0.39, 0.29) is 11.6 Å². The maximum atomic E-state index is 11.8. The van der Waals surface area contributed by atoms with Crippen LogP contribution in [0.4, 0.5) is 0 Å². The molecule has 1 aliphatic heterocycles. The lowest BCUT2D eigenvalue weighted by Crippen LogP contribution is -2.37. The van der Waals surface area contributed by atoms with Crippen molar-refractivity contribution in [2.24, 2.45) is 5.73 Å². The molecule has 15 heavy (non-hydrogen) atoms. The fraction of sp³-hybridized carbons (Fsp3) is 0.636. The molecule has 0 saturated carbocycles. The molecule has 2 N–H and O–H groups in total. The monoisotopic (exact) mass is 207 g/mol. The molecule has 2 rings (SSSR count). The minimum atomic E-state index is 0.0654. The van der Waals surface area contributed by atoms with Gasteiger partial charge in [0.1, 0.15) is 5.82 Å². The first kappa shape index (κ1) is 10.4. The van der Waals surface area contributed by atoms with Crippen LogP contribution in [0.5, 0.6) is 0 Å². The summed E-state index contributed by atoms with van der Waals surface area (Å²) in [5.41, 5.74) is 6.81. The maximum absolute atomic E-state index is 11.8. The zero-order valence-corrected chi connectivity index (χ0v) is 9.23. The molecule has 1 aliphatic rings. The van der Waals surface area contributed by atoms with Crippen molar-refractivity contribution in [1.29, 1.82) is 0 Å². The molecule has 4 nitrogen and oxygen atoms in total. The second kappa shape index (κ2) is 3.77. The highest BCUT2D eigenvalue weighted by atomic mass is 16.1. The lowest BCUT2D eigenvalue weighted by atomic mass is 10.1. The fourth-order valence-electron chi connectivity index (χ4n) is 1.90. The predicted molar refractivity (Wildman–Crippen MR) is 58.9 cm³/mol. The van der Waals surface area contributed by atoms with E-state index >= 15 is 0 Å². The highest BCUT2D eigenvalue weighted by molar-refractivity contribution is 5.10. The normalized spacial score (nSPS) is 20.4. The van der Waals surface area contributed by atoms with E-state index in [4.69, 9.17) is 5.73 Å². The number of hydrogen-bond acceptors (Lipinski definition) is 3. The first-order chi connectivity index (χ1) is 7.08. The van der Waals surface area contributed by atoms with Gasteiger partial charge in [0.05, 0.1) is 5.69 Å². The largest absolute Gasteiger partial charge is 0.327 e. The Morgan fingerprint density at radius 2 is 2.33 bits per heavy atom. The van der Waals surface area contributed by atoms with Crippen molar-refractivity contribution in [3.05, 3.63) is 27.9 Å². The lowest BCUT2D eigenvalue weighted by Gasteiger charge is -2.23. The molecule has 0 spiro atoms. The zero-order chi connectivity index (χ0) is 11.0. The van der Waals surface area contributed by atoms with Gasteiger partial charge in [-0.1, -0.05) is 13.8 Å². The SMILES string of the molecule is CC(C)c1cc(=O)n2c(n1)CC(N)CC2. The average Bonchev–Trinajstić information content (AvgIpc) is 2.16. The lowest BCUT2D eigenvalue weighted by molar-refractivity contribution is 0.440. The Morgan fingerprint density at radius 3 is 3.00 bits per heavy atom. The molecule has 1 unspecified atom stereocenters. The molecule has 0 bridgehead atoms. The summed E-state index contributed by atoms with van der Waals surface area (Å²) < 4.78 is 1.75. The van der Waals surface area contributed by atoms with E-state index in [1.54, 1.807) is 10.6 Å². The average molecular weight is 207 g/mol. The smallest absolute Gasteiger partial charge is 0.253 e. The quantitative estimate of drug-likeness (QED) is 0.735. The molecule has 0 radical (unpaired) electrons. The van der Waals surface area contributed by atoms with Crippen LogP contribution in [-0.4, -0.2) is 15.6 Å². The number of fused-ring (bicyclic) bond motifs is 1. The molecular weight excluding hydrogens is 190 g/mol. The summed E-state index contributed by atoms with van der Waals surface area (Å²) in [6, 6.07) is 1.80. The Kier molecular flexibility index (Phi) is 2.61. The van der Waals surface area contributed by atoms with Crippen LogP contribution in [-0.2, 0) is 13.0 Å². The Labute approximate surface area is 89.1 Å². The minimum absolute atomic E-state index is 0.0654. The van der Waals surface area contributed by atoms with E-state index in [0.717, 1.165) is 24.4 Å². The van der Waals surface area contributed by atoms with Crippen molar-refractivity contribution in [3.63, 3.8) is 0 Å². The van der Waals surface area contributed by atoms with Gasteiger partial charge in [0.2, 0.25) is 0 Å². The third-order valence-corrected chi connectivity index (χ3v) is 2.87. The number of rotatable bonds is 1. The molecule has 82 valence electrons. The summed E-state index contributed by atoms with van der Waals surface area (Å²) >= 11 is 0. The van der Waals surface area contributed by atoms with Gasteiger partial charge in [-0.3, -0.25) is 9.36 Å². The molecular formula is C11H17N3O. The molecule has 1 atom stereocenters. The summed E-state index contributed by atoms with van der Waals surface area (Å²) in [5.74, 6) is 1.15. The number of aromatic nitrogens is 2. The van der Waals surface area contributed by atoms with Crippen molar-refractivity contribution in [3.8, 4) is 0 Å². The molecule has 0 saturated heterocycles. The maximum Gasteiger partial charge on any atom is 0.253 e. The highest BCUT2D eigenvalue weighted by Crippen LogP contribution is 2.14. The van der Waals surface area contributed by atoms with Crippen LogP contribution in [0.25, 0.3) is 0 Å². The van der Waals surface area contributed by atoms with Crippen LogP contribution in [0.3, 0.4) is 0 Å². The zero-order valence-electron chi connectivity index (χ0n) is 9.23. The second-order valence-corrected chi connectivity index (χ2v) is 4.49. The first-order valence-corrected chi connectivity index (χ1v) is 5.44. The van der Waals surface area contributed by atoms with Crippen molar-refractivity contribution < 1.29 is 0 Å². The summed E-state index contributed by atoms with van der Waals surface area (Å²) in [4.78, 5) is 16.3. The summed E-state index contributed by atoms with van der Waals surface area (Å²) in [5, 5.41) is 0. The van der Waals surface area contributed by atoms with Gasteiger partial charge >= 0.3 is 0 Å².